The Bertz CT molecular complexity index is 347. The van der Waals surface area contributed by atoms with Crippen molar-refractivity contribution in [1.82, 2.24) is 15.5 Å². The number of carbonyl (C=O) groups excluding carboxylic acids is 2. The van der Waals surface area contributed by atoms with Gasteiger partial charge in [-0.3, -0.25) is 0 Å². The quantitative estimate of drug-likeness (QED) is 0.759. The second-order valence-corrected chi connectivity index (χ2v) is 6.83. The third-order valence-electron chi connectivity index (χ3n) is 3.03. The molecule has 3 amide bonds. The molecule has 2 N–H and O–H groups in total. The van der Waals surface area contributed by atoms with Gasteiger partial charge in [0.15, 0.2) is 0 Å². The first kappa shape index (κ1) is 20.5. The molecule has 0 aromatic rings. The molecule has 0 saturated carbocycles. The zero-order chi connectivity index (χ0) is 17.3. The summed E-state index contributed by atoms with van der Waals surface area (Å²) in [6.07, 6.45) is 0.327. The molecule has 0 bridgehead atoms. The molecule has 0 radical (unpaired) electrons. The lowest BCUT2D eigenvalue weighted by Crippen LogP contribution is -2.49. The molecule has 0 aliphatic heterocycles. The van der Waals surface area contributed by atoms with E-state index in [9.17, 15) is 9.59 Å². The Labute approximate surface area is 135 Å². The van der Waals surface area contributed by atoms with E-state index in [-0.39, 0.29) is 12.1 Å². The normalized spacial score (nSPS) is 12.7. The SMILES string of the molecule is CCN(CC)C(=O)NC[C@H](CC(C)C)NC(=O)OC(C)(C)C. The van der Waals surface area contributed by atoms with Gasteiger partial charge in [0.2, 0.25) is 0 Å². The van der Waals surface area contributed by atoms with Crippen LogP contribution in [0.15, 0.2) is 0 Å². The number of hydrogen-bond donors (Lipinski definition) is 2. The molecule has 0 rings (SSSR count). The summed E-state index contributed by atoms with van der Waals surface area (Å²) in [6, 6.07) is -0.251. The number of carbonyl (C=O) groups is 2. The van der Waals surface area contributed by atoms with Crippen molar-refractivity contribution in [2.45, 2.75) is 66.5 Å². The third-order valence-corrected chi connectivity index (χ3v) is 3.03. The molecule has 0 fully saturated rings. The number of ether oxygens (including phenoxy) is 1. The zero-order valence-corrected chi connectivity index (χ0v) is 15.2. The van der Waals surface area contributed by atoms with Crippen LogP contribution in [0.5, 0.6) is 0 Å². The molecule has 0 unspecified atom stereocenters. The molecule has 0 spiro atoms. The number of amides is 3. The van der Waals surface area contributed by atoms with E-state index >= 15 is 0 Å². The van der Waals surface area contributed by atoms with Crippen LogP contribution in [0.1, 0.15) is 54.9 Å². The number of urea groups is 1. The lowest BCUT2D eigenvalue weighted by Gasteiger charge is -2.26. The van der Waals surface area contributed by atoms with Crippen molar-refractivity contribution in [3.05, 3.63) is 0 Å². The number of rotatable bonds is 7. The second-order valence-electron chi connectivity index (χ2n) is 6.83. The van der Waals surface area contributed by atoms with E-state index in [1.807, 2.05) is 34.6 Å². The monoisotopic (exact) mass is 315 g/mol. The third kappa shape index (κ3) is 9.47. The Morgan fingerprint density at radius 2 is 1.68 bits per heavy atom. The van der Waals surface area contributed by atoms with Crippen molar-refractivity contribution >= 4 is 12.1 Å². The average Bonchev–Trinajstić information content (AvgIpc) is 2.34. The predicted molar refractivity (Wildman–Crippen MR) is 88.9 cm³/mol. The van der Waals surface area contributed by atoms with E-state index in [1.165, 1.54) is 0 Å². The molecule has 22 heavy (non-hydrogen) atoms. The van der Waals surface area contributed by atoms with Crippen LogP contribution in [0, 0.1) is 5.92 Å². The van der Waals surface area contributed by atoms with Crippen molar-refractivity contribution < 1.29 is 14.3 Å². The van der Waals surface area contributed by atoms with Crippen LogP contribution in [-0.2, 0) is 4.74 Å². The largest absolute Gasteiger partial charge is 0.444 e. The zero-order valence-electron chi connectivity index (χ0n) is 15.2. The van der Waals surface area contributed by atoms with Gasteiger partial charge in [-0.15, -0.1) is 0 Å². The van der Waals surface area contributed by atoms with Gasteiger partial charge in [-0.2, -0.15) is 0 Å². The summed E-state index contributed by atoms with van der Waals surface area (Å²) in [4.78, 5) is 25.6. The Kier molecular flexibility index (Phi) is 8.90. The summed E-state index contributed by atoms with van der Waals surface area (Å²) in [6.45, 7) is 15.2. The fourth-order valence-corrected chi connectivity index (χ4v) is 2.07. The summed E-state index contributed by atoms with van der Waals surface area (Å²) in [7, 11) is 0. The summed E-state index contributed by atoms with van der Waals surface area (Å²) >= 11 is 0. The van der Waals surface area contributed by atoms with Crippen molar-refractivity contribution in [3.63, 3.8) is 0 Å². The van der Waals surface area contributed by atoms with Crippen LogP contribution >= 0.6 is 0 Å². The van der Waals surface area contributed by atoms with E-state index in [0.29, 0.717) is 25.6 Å². The molecular formula is C16H33N3O3. The van der Waals surface area contributed by atoms with Crippen LogP contribution in [0.2, 0.25) is 0 Å². The van der Waals surface area contributed by atoms with E-state index < -0.39 is 11.7 Å². The Morgan fingerprint density at radius 3 is 2.09 bits per heavy atom. The van der Waals surface area contributed by atoms with Gasteiger partial charge in [0.05, 0.1) is 0 Å². The number of alkyl carbamates (subject to hydrolysis) is 1. The van der Waals surface area contributed by atoms with Crippen molar-refractivity contribution in [1.29, 1.82) is 0 Å². The molecule has 0 aromatic carbocycles. The standard InChI is InChI=1S/C16H33N3O3/c1-8-19(9-2)14(20)17-11-13(10-12(3)4)18-15(21)22-16(5,6)7/h12-13H,8-11H2,1-7H3,(H,17,20)(H,18,21)/t13-/m0/s1. The number of nitrogens with zero attached hydrogens (tertiary/aromatic N) is 1. The molecule has 0 saturated heterocycles. The van der Waals surface area contributed by atoms with Gasteiger partial charge in [0.25, 0.3) is 0 Å². The van der Waals surface area contributed by atoms with Crippen LogP contribution in [0.3, 0.4) is 0 Å². The van der Waals surface area contributed by atoms with Gasteiger partial charge in [0.1, 0.15) is 5.60 Å². The van der Waals surface area contributed by atoms with Crippen LogP contribution in [-0.4, -0.2) is 48.3 Å². The van der Waals surface area contributed by atoms with E-state index in [4.69, 9.17) is 4.74 Å². The van der Waals surface area contributed by atoms with Gasteiger partial charge in [-0.05, 0) is 47.0 Å². The first-order valence-corrected chi connectivity index (χ1v) is 8.11. The van der Waals surface area contributed by atoms with Gasteiger partial charge >= 0.3 is 12.1 Å². The molecule has 0 heterocycles. The van der Waals surface area contributed by atoms with Gasteiger partial charge in [-0.1, -0.05) is 13.8 Å². The van der Waals surface area contributed by atoms with Gasteiger partial charge < -0.3 is 20.3 Å². The van der Waals surface area contributed by atoms with E-state index in [1.54, 1.807) is 4.90 Å². The Hall–Kier alpha value is -1.46. The topological polar surface area (TPSA) is 70.7 Å². The smallest absolute Gasteiger partial charge is 0.407 e. The highest BCUT2D eigenvalue weighted by Gasteiger charge is 2.21. The molecule has 6 heteroatoms. The molecule has 1 atom stereocenters. The summed E-state index contributed by atoms with van der Waals surface area (Å²) in [5.74, 6) is 0.408. The summed E-state index contributed by atoms with van der Waals surface area (Å²) in [5, 5.41) is 5.72. The lowest BCUT2D eigenvalue weighted by atomic mass is 10.0. The second kappa shape index (κ2) is 9.54. The molecule has 6 nitrogen and oxygen atoms in total. The Balaban J connectivity index is 4.52. The maximum atomic E-state index is 12.0. The van der Waals surface area contributed by atoms with Crippen LogP contribution < -0.4 is 10.6 Å². The highest BCUT2D eigenvalue weighted by atomic mass is 16.6. The maximum absolute atomic E-state index is 12.0. The summed E-state index contributed by atoms with van der Waals surface area (Å²) in [5.41, 5.74) is -0.531. The minimum Gasteiger partial charge on any atom is -0.444 e. The van der Waals surface area contributed by atoms with Crippen molar-refractivity contribution in [3.8, 4) is 0 Å². The van der Waals surface area contributed by atoms with Crippen LogP contribution in [0.25, 0.3) is 0 Å². The first-order chi connectivity index (χ1) is 10.1. The van der Waals surface area contributed by atoms with Crippen molar-refractivity contribution in [2.24, 2.45) is 5.92 Å². The fourth-order valence-electron chi connectivity index (χ4n) is 2.07. The molecular weight excluding hydrogens is 282 g/mol. The predicted octanol–water partition coefficient (Wildman–Crippen LogP) is 2.98. The minimum atomic E-state index is -0.531. The van der Waals surface area contributed by atoms with Gasteiger partial charge in [-0.25, -0.2) is 9.59 Å². The number of nitrogens with one attached hydrogen (secondary N) is 2. The maximum Gasteiger partial charge on any atom is 0.407 e. The summed E-state index contributed by atoms with van der Waals surface area (Å²) < 4.78 is 5.27. The van der Waals surface area contributed by atoms with Crippen molar-refractivity contribution in [2.75, 3.05) is 19.6 Å². The first-order valence-electron chi connectivity index (χ1n) is 8.11. The van der Waals surface area contributed by atoms with E-state index in [2.05, 4.69) is 24.5 Å². The van der Waals surface area contributed by atoms with E-state index in [0.717, 1.165) is 6.42 Å². The van der Waals surface area contributed by atoms with Crippen LogP contribution in [0.4, 0.5) is 9.59 Å². The molecule has 0 aliphatic rings. The molecule has 0 aromatic heterocycles. The minimum absolute atomic E-state index is 0.107. The highest BCUT2D eigenvalue weighted by Crippen LogP contribution is 2.09. The Morgan fingerprint density at radius 1 is 1.14 bits per heavy atom. The van der Waals surface area contributed by atoms with Gasteiger partial charge in [0, 0.05) is 25.7 Å². The highest BCUT2D eigenvalue weighted by molar-refractivity contribution is 5.74. The number of hydrogen-bond acceptors (Lipinski definition) is 3. The molecule has 0 aliphatic carbocycles. The molecule has 130 valence electrons. The average molecular weight is 315 g/mol. The fraction of sp³-hybridized carbons (Fsp3) is 0.875. The lowest BCUT2D eigenvalue weighted by molar-refractivity contribution is 0.0498.